The number of sulfonamides is 1. The fraction of sp³-hybridized carbons (Fsp3) is 0.727. The zero-order chi connectivity index (χ0) is 12.8. The number of rotatable bonds is 3. The normalized spacial score (nSPS) is 25.0. The maximum Gasteiger partial charge on any atom is 0.217 e. The number of piperazine rings is 1. The lowest BCUT2D eigenvalue weighted by molar-refractivity contribution is 0.258. The van der Waals surface area contributed by atoms with Crippen molar-refractivity contribution in [2.75, 3.05) is 19.6 Å². The summed E-state index contributed by atoms with van der Waals surface area (Å²) >= 11 is 0. The van der Waals surface area contributed by atoms with Gasteiger partial charge in [0, 0.05) is 39.1 Å². The molecule has 1 N–H and O–H groups in total. The summed E-state index contributed by atoms with van der Waals surface area (Å²) in [5.41, 5.74) is 0. The fourth-order valence-corrected chi connectivity index (χ4v) is 4.45. The lowest BCUT2D eigenvalue weighted by Crippen LogP contribution is -2.50. The van der Waals surface area contributed by atoms with Crippen LogP contribution >= 0.6 is 12.4 Å². The molecule has 2 heterocycles. The van der Waals surface area contributed by atoms with Gasteiger partial charge in [0.15, 0.2) is 0 Å². The highest BCUT2D eigenvalue weighted by atomic mass is 35.5. The van der Waals surface area contributed by atoms with E-state index in [0.717, 1.165) is 18.7 Å². The van der Waals surface area contributed by atoms with Crippen LogP contribution in [0.4, 0.5) is 0 Å². The van der Waals surface area contributed by atoms with Crippen molar-refractivity contribution in [1.29, 1.82) is 0 Å². The number of nitrogens with one attached hydrogen (secondary N) is 1. The van der Waals surface area contributed by atoms with E-state index in [1.54, 1.807) is 10.5 Å². The van der Waals surface area contributed by atoms with Crippen LogP contribution in [-0.2, 0) is 17.1 Å². The van der Waals surface area contributed by atoms with Crippen LogP contribution in [0.1, 0.15) is 24.7 Å². The molecule has 1 aliphatic carbocycles. The topological polar surface area (TPSA) is 67.2 Å². The van der Waals surface area contributed by atoms with Crippen molar-refractivity contribution in [3.63, 3.8) is 0 Å². The van der Waals surface area contributed by atoms with Gasteiger partial charge in [-0.1, -0.05) is 0 Å². The van der Waals surface area contributed by atoms with Gasteiger partial charge in [-0.15, -0.1) is 12.4 Å². The Morgan fingerprint density at radius 1 is 1.42 bits per heavy atom. The Morgan fingerprint density at radius 2 is 2.16 bits per heavy atom. The van der Waals surface area contributed by atoms with Crippen molar-refractivity contribution in [3.05, 3.63) is 18.2 Å². The SMILES string of the molecule is Cl.Cn1ccnc1C1CNCCN1S(=O)(=O)C1CC1. The predicted octanol–water partition coefficient (Wildman–Crippen LogP) is 0.280. The van der Waals surface area contributed by atoms with Crippen LogP contribution in [0.5, 0.6) is 0 Å². The largest absolute Gasteiger partial charge is 0.337 e. The molecule has 1 aromatic rings. The van der Waals surface area contributed by atoms with Crippen molar-refractivity contribution in [2.24, 2.45) is 7.05 Å². The van der Waals surface area contributed by atoms with Crippen LogP contribution in [0.25, 0.3) is 0 Å². The second kappa shape index (κ2) is 5.40. The van der Waals surface area contributed by atoms with E-state index in [9.17, 15) is 8.42 Å². The van der Waals surface area contributed by atoms with Gasteiger partial charge >= 0.3 is 0 Å². The first-order valence-electron chi connectivity index (χ1n) is 6.29. The third-order valence-electron chi connectivity index (χ3n) is 3.62. The Labute approximate surface area is 119 Å². The van der Waals surface area contributed by atoms with Gasteiger partial charge in [0.25, 0.3) is 0 Å². The Morgan fingerprint density at radius 3 is 2.74 bits per heavy atom. The molecule has 0 spiro atoms. The molecular weight excluding hydrogens is 288 g/mol. The average molecular weight is 307 g/mol. The van der Waals surface area contributed by atoms with Gasteiger partial charge in [-0.05, 0) is 12.8 Å². The molecule has 1 saturated heterocycles. The molecule has 2 aliphatic rings. The van der Waals surface area contributed by atoms with Crippen LogP contribution in [0.3, 0.4) is 0 Å². The number of imidazole rings is 1. The first kappa shape index (κ1) is 14.8. The first-order chi connectivity index (χ1) is 8.60. The van der Waals surface area contributed by atoms with Gasteiger partial charge in [-0.25, -0.2) is 13.4 Å². The standard InChI is InChI=1S/C11H18N4O2S.ClH/c1-14-6-5-13-11(14)10-8-12-4-7-15(10)18(16,17)9-2-3-9;/h5-6,9-10,12H,2-4,7-8H2,1H3;1H. The van der Waals surface area contributed by atoms with Crippen molar-refractivity contribution in [3.8, 4) is 0 Å². The molecule has 6 nitrogen and oxygen atoms in total. The van der Waals surface area contributed by atoms with E-state index in [1.165, 1.54) is 0 Å². The fourth-order valence-electron chi connectivity index (χ4n) is 2.47. The molecule has 1 aliphatic heterocycles. The summed E-state index contributed by atoms with van der Waals surface area (Å²) in [6, 6.07) is -0.177. The molecule has 0 bridgehead atoms. The maximum atomic E-state index is 12.4. The summed E-state index contributed by atoms with van der Waals surface area (Å²) in [6.45, 7) is 1.89. The molecule has 108 valence electrons. The van der Waals surface area contributed by atoms with E-state index < -0.39 is 10.0 Å². The highest BCUT2D eigenvalue weighted by Gasteiger charge is 2.44. The second-order valence-electron chi connectivity index (χ2n) is 4.97. The number of aromatic nitrogens is 2. The molecule has 0 radical (unpaired) electrons. The molecule has 19 heavy (non-hydrogen) atoms. The van der Waals surface area contributed by atoms with Crippen molar-refractivity contribution < 1.29 is 8.42 Å². The van der Waals surface area contributed by atoms with Crippen LogP contribution < -0.4 is 5.32 Å². The lowest BCUT2D eigenvalue weighted by Gasteiger charge is -2.34. The van der Waals surface area contributed by atoms with E-state index in [0.29, 0.717) is 19.6 Å². The van der Waals surface area contributed by atoms with Gasteiger partial charge in [-0.3, -0.25) is 0 Å². The summed E-state index contributed by atoms with van der Waals surface area (Å²) in [5, 5.41) is 3.10. The van der Waals surface area contributed by atoms with Crippen molar-refractivity contribution >= 4 is 22.4 Å². The average Bonchev–Trinajstić information content (AvgIpc) is 3.13. The van der Waals surface area contributed by atoms with Gasteiger partial charge in [0.1, 0.15) is 5.82 Å². The lowest BCUT2D eigenvalue weighted by atomic mass is 10.2. The predicted molar refractivity (Wildman–Crippen MR) is 74.7 cm³/mol. The molecular formula is C11H19ClN4O2S. The number of halogens is 1. The number of nitrogens with zero attached hydrogens (tertiary/aromatic N) is 3. The molecule has 0 aromatic carbocycles. The summed E-state index contributed by atoms with van der Waals surface area (Å²) < 4.78 is 28.4. The number of hydrogen-bond acceptors (Lipinski definition) is 4. The van der Waals surface area contributed by atoms with Crippen LogP contribution in [0, 0.1) is 0 Å². The van der Waals surface area contributed by atoms with E-state index in [-0.39, 0.29) is 23.7 Å². The Balaban J connectivity index is 0.00000133. The van der Waals surface area contributed by atoms with Gasteiger partial charge in [0.2, 0.25) is 10.0 Å². The minimum absolute atomic E-state index is 0. The Hall–Kier alpha value is -0.630. The minimum atomic E-state index is -3.14. The molecule has 8 heteroatoms. The minimum Gasteiger partial charge on any atom is -0.337 e. The van der Waals surface area contributed by atoms with Gasteiger partial charge < -0.3 is 9.88 Å². The molecule has 0 amide bonds. The highest BCUT2D eigenvalue weighted by molar-refractivity contribution is 7.90. The van der Waals surface area contributed by atoms with Gasteiger partial charge in [0.05, 0.1) is 11.3 Å². The molecule has 2 fully saturated rings. The first-order valence-corrected chi connectivity index (χ1v) is 7.79. The van der Waals surface area contributed by atoms with E-state index in [4.69, 9.17) is 0 Å². The van der Waals surface area contributed by atoms with Crippen LogP contribution in [0.15, 0.2) is 12.4 Å². The van der Waals surface area contributed by atoms with Crippen LogP contribution in [0.2, 0.25) is 0 Å². The molecule has 1 saturated carbocycles. The Bertz CT molecular complexity index is 541. The summed E-state index contributed by atoms with van der Waals surface area (Å²) in [7, 11) is -1.24. The molecule has 1 atom stereocenters. The smallest absolute Gasteiger partial charge is 0.217 e. The van der Waals surface area contributed by atoms with Gasteiger partial charge in [-0.2, -0.15) is 4.31 Å². The number of aryl methyl sites for hydroxylation is 1. The van der Waals surface area contributed by atoms with E-state index >= 15 is 0 Å². The van der Waals surface area contributed by atoms with Crippen molar-refractivity contribution in [1.82, 2.24) is 19.2 Å². The maximum absolute atomic E-state index is 12.4. The molecule has 3 rings (SSSR count). The summed E-state index contributed by atoms with van der Waals surface area (Å²) in [4.78, 5) is 4.30. The Kier molecular flexibility index (Phi) is 4.20. The monoisotopic (exact) mass is 306 g/mol. The third-order valence-corrected chi connectivity index (χ3v) is 6.03. The molecule has 1 unspecified atom stereocenters. The second-order valence-corrected chi connectivity index (χ2v) is 7.14. The van der Waals surface area contributed by atoms with E-state index in [2.05, 4.69) is 10.3 Å². The third kappa shape index (κ3) is 2.65. The summed E-state index contributed by atoms with van der Waals surface area (Å²) in [5.74, 6) is 0.812. The number of hydrogen-bond donors (Lipinski definition) is 1. The highest BCUT2D eigenvalue weighted by Crippen LogP contribution is 2.35. The zero-order valence-corrected chi connectivity index (χ0v) is 12.5. The van der Waals surface area contributed by atoms with Crippen molar-refractivity contribution in [2.45, 2.75) is 24.1 Å². The van der Waals surface area contributed by atoms with E-state index in [1.807, 2.05) is 17.8 Å². The quantitative estimate of drug-likeness (QED) is 0.871. The summed E-state index contributed by atoms with van der Waals surface area (Å²) in [6.07, 6.45) is 5.18. The molecule has 1 aromatic heterocycles. The zero-order valence-electron chi connectivity index (χ0n) is 10.8. The van der Waals surface area contributed by atoms with Crippen LogP contribution in [-0.4, -0.2) is 47.2 Å².